The van der Waals surface area contributed by atoms with Crippen molar-refractivity contribution in [1.29, 1.82) is 0 Å². The zero-order chi connectivity index (χ0) is 28.3. The second kappa shape index (κ2) is 13.8. The lowest BCUT2D eigenvalue weighted by molar-refractivity contribution is 0.103. The van der Waals surface area contributed by atoms with Crippen molar-refractivity contribution in [2.45, 2.75) is 26.7 Å². The van der Waals surface area contributed by atoms with Crippen molar-refractivity contribution in [2.24, 2.45) is 0 Å². The average Bonchev–Trinajstić information content (AvgIpc) is 3.00. The van der Waals surface area contributed by atoms with Gasteiger partial charge >= 0.3 is 0 Å². The number of ketones is 1. The number of rotatable bonds is 11. The molecule has 0 aromatic heterocycles. The molecule has 3 heteroatoms. The molecule has 200 valence electrons. The Kier molecular flexibility index (Phi) is 9.75. The molecule has 0 bridgehead atoms. The Hall–Kier alpha value is -4.81. The van der Waals surface area contributed by atoms with E-state index in [2.05, 4.69) is 36.3 Å². The van der Waals surface area contributed by atoms with Crippen molar-refractivity contribution < 1.29 is 14.3 Å². The number of carbonyl (C=O) groups is 1. The van der Waals surface area contributed by atoms with E-state index >= 15 is 0 Å². The number of ether oxygens (including phenoxy) is 2. The molecule has 4 aromatic carbocycles. The van der Waals surface area contributed by atoms with E-state index in [4.69, 9.17) is 15.9 Å². The highest BCUT2D eigenvalue weighted by molar-refractivity contribution is 6.09. The lowest BCUT2D eigenvalue weighted by Crippen LogP contribution is -2.01. The quantitative estimate of drug-likeness (QED) is 0.111. The molecule has 3 nitrogen and oxygen atoms in total. The molecule has 0 unspecified atom stereocenters. The van der Waals surface area contributed by atoms with E-state index < -0.39 is 0 Å². The highest BCUT2D eigenvalue weighted by Crippen LogP contribution is 2.41. The van der Waals surface area contributed by atoms with Crippen LogP contribution in [0, 0.1) is 12.3 Å². The average molecular weight is 527 g/mol. The number of terminal acetylenes is 1. The van der Waals surface area contributed by atoms with Gasteiger partial charge in [-0.15, -0.1) is 12.3 Å². The van der Waals surface area contributed by atoms with Gasteiger partial charge < -0.3 is 9.47 Å². The smallest absolute Gasteiger partial charge is 0.193 e. The highest BCUT2D eigenvalue weighted by Gasteiger charge is 2.16. The zero-order valence-corrected chi connectivity index (χ0v) is 23.3. The van der Waals surface area contributed by atoms with Gasteiger partial charge in [0, 0.05) is 28.7 Å². The number of carbonyl (C=O) groups excluding carboxylic acids is 1. The molecular weight excluding hydrogens is 492 g/mol. The standard InChI is InChI=1S/C37H34O3/c1-5-8-13-27(12-6-2)24-28-16-18-29(19-17-28)33-26-36(40-7-3)34(25-35(33)39-4)30-20-22-32(23-21-30)37(38)31-14-10-9-11-15-31/h2,5,8-11,13-23,25-26H,7,12,24H2,1,3-4H3/b8-5-,27-13+. The van der Waals surface area contributed by atoms with E-state index in [1.54, 1.807) is 7.11 Å². The molecule has 0 atom stereocenters. The predicted molar refractivity (Wildman–Crippen MR) is 165 cm³/mol. The number of hydrogen-bond acceptors (Lipinski definition) is 3. The molecule has 0 aliphatic rings. The summed E-state index contributed by atoms with van der Waals surface area (Å²) in [5, 5.41) is 0. The molecule has 4 rings (SSSR count). The summed E-state index contributed by atoms with van der Waals surface area (Å²) >= 11 is 0. The SMILES string of the molecule is C#CC/C(=C\C=C/C)Cc1ccc(-c2cc(OCC)c(-c3ccc(C(=O)c4ccccc4)cc3)cc2OC)cc1. The molecule has 0 aliphatic heterocycles. The molecule has 4 aromatic rings. The fourth-order valence-corrected chi connectivity index (χ4v) is 4.62. The van der Waals surface area contributed by atoms with Gasteiger partial charge in [-0.3, -0.25) is 4.79 Å². The van der Waals surface area contributed by atoms with Crippen LogP contribution >= 0.6 is 0 Å². The lowest BCUT2D eigenvalue weighted by atomic mass is 9.95. The first-order valence-electron chi connectivity index (χ1n) is 13.5. The fourth-order valence-electron chi connectivity index (χ4n) is 4.62. The molecule has 0 heterocycles. The predicted octanol–water partition coefficient (Wildman–Crippen LogP) is 8.73. The van der Waals surface area contributed by atoms with Crippen LogP contribution in [0.3, 0.4) is 0 Å². The van der Waals surface area contributed by atoms with Crippen LogP contribution < -0.4 is 9.47 Å². The lowest BCUT2D eigenvalue weighted by Gasteiger charge is -2.17. The van der Waals surface area contributed by atoms with Gasteiger partial charge in [0.2, 0.25) is 0 Å². The normalized spacial score (nSPS) is 11.3. The molecule has 0 fully saturated rings. The summed E-state index contributed by atoms with van der Waals surface area (Å²) < 4.78 is 11.9. The molecule has 0 saturated carbocycles. The van der Waals surface area contributed by atoms with Crippen LogP contribution in [0.25, 0.3) is 22.3 Å². The van der Waals surface area contributed by atoms with Crippen LogP contribution in [0.2, 0.25) is 0 Å². The van der Waals surface area contributed by atoms with Crippen molar-refractivity contribution in [1.82, 2.24) is 0 Å². The summed E-state index contributed by atoms with van der Waals surface area (Å²) in [5.41, 5.74) is 7.54. The highest BCUT2D eigenvalue weighted by atomic mass is 16.5. The van der Waals surface area contributed by atoms with Gasteiger partial charge in [0.05, 0.1) is 13.7 Å². The Labute approximate surface area is 237 Å². The Bertz CT molecular complexity index is 1530. The van der Waals surface area contributed by atoms with Crippen molar-refractivity contribution in [3.63, 3.8) is 0 Å². The van der Waals surface area contributed by atoms with Crippen LogP contribution in [0.5, 0.6) is 11.5 Å². The molecule has 0 N–H and O–H groups in total. The first-order valence-corrected chi connectivity index (χ1v) is 13.5. The Morgan fingerprint density at radius 3 is 2.05 bits per heavy atom. The van der Waals surface area contributed by atoms with Gasteiger partial charge in [-0.2, -0.15) is 0 Å². The molecular formula is C37H34O3. The number of hydrogen-bond donors (Lipinski definition) is 0. The maximum atomic E-state index is 12.9. The Morgan fingerprint density at radius 1 is 0.850 bits per heavy atom. The van der Waals surface area contributed by atoms with Crippen molar-refractivity contribution in [3.05, 3.63) is 131 Å². The van der Waals surface area contributed by atoms with E-state index in [1.807, 2.05) is 92.7 Å². The van der Waals surface area contributed by atoms with Gasteiger partial charge in [-0.05, 0) is 49.1 Å². The molecule has 0 radical (unpaired) electrons. The van der Waals surface area contributed by atoms with E-state index in [0.29, 0.717) is 24.2 Å². The largest absolute Gasteiger partial charge is 0.496 e. The van der Waals surface area contributed by atoms with Crippen molar-refractivity contribution in [3.8, 4) is 46.1 Å². The summed E-state index contributed by atoms with van der Waals surface area (Å²) in [4.78, 5) is 12.9. The van der Waals surface area contributed by atoms with E-state index in [9.17, 15) is 4.79 Å². The molecule has 40 heavy (non-hydrogen) atoms. The molecule has 0 saturated heterocycles. The second-order valence-electron chi connectivity index (χ2n) is 9.36. The van der Waals surface area contributed by atoms with Gasteiger partial charge in [0.25, 0.3) is 0 Å². The first kappa shape index (κ1) is 28.2. The maximum absolute atomic E-state index is 12.9. The van der Waals surface area contributed by atoms with Gasteiger partial charge in [0.15, 0.2) is 5.78 Å². The van der Waals surface area contributed by atoms with Gasteiger partial charge in [-0.25, -0.2) is 0 Å². The van der Waals surface area contributed by atoms with E-state index in [-0.39, 0.29) is 5.78 Å². The zero-order valence-electron chi connectivity index (χ0n) is 23.3. The topological polar surface area (TPSA) is 35.5 Å². The third kappa shape index (κ3) is 6.79. The fraction of sp³-hybridized carbons (Fsp3) is 0.162. The number of methoxy groups -OCH3 is 1. The summed E-state index contributed by atoms with van der Waals surface area (Å²) in [6.07, 6.45) is 13.1. The van der Waals surface area contributed by atoms with Crippen LogP contribution in [0.1, 0.15) is 41.8 Å². The van der Waals surface area contributed by atoms with Crippen molar-refractivity contribution in [2.75, 3.05) is 13.7 Å². The van der Waals surface area contributed by atoms with Crippen LogP contribution in [0.15, 0.2) is 115 Å². The summed E-state index contributed by atoms with van der Waals surface area (Å²) in [6.45, 7) is 4.49. The molecule has 0 amide bonds. The van der Waals surface area contributed by atoms with E-state index in [1.165, 1.54) is 11.1 Å². The second-order valence-corrected chi connectivity index (χ2v) is 9.36. The minimum absolute atomic E-state index is 0.00251. The molecule has 0 aliphatic carbocycles. The molecule has 0 spiro atoms. The van der Waals surface area contributed by atoms with Gasteiger partial charge in [0.1, 0.15) is 11.5 Å². The number of benzene rings is 4. The monoisotopic (exact) mass is 526 g/mol. The van der Waals surface area contributed by atoms with Gasteiger partial charge in [-0.1, -0.05) is 103 Å². The van der Waals surface area contributed by atoms with Crippen LogP contribution in [0.4, 0.5) is 0 Å². The Balaban J connectivity index is 1.65. The third-order valence-corrected chi connectivity index (χ3v) is 6.65. The minimum atomic E-state index is -0.00251. The van der Waals surface area contributed by atoms with Crippen molar-refractivity contribution >= 4 is 5.78 Å². The summed E-state index contributed by atoms with van der Waals surface area (Å²) in [6, 6.07) is 29.5. The summed E-state index contributed by atoms with van der Waals surface area (Å²) in [5.74, 6) is 4.26. The first-order chi connectivity index (χ1) is 19.6. The maximum Gasteiger partial charge on any atom is 0.193 e. The number of allylic oxidation sites excluding steroid dienone is 4. The van der Waals surface area contributed by atoms with Crippen LogP contribution in [-0.2, 0) is 6.42 Å². The summed E-state index contributed by atoms with van der Waals surface area (Å²) in [7, 11) is 1.68. The Morgan fingerprint density at radius 2 is 1.45 bits per heavy atom. The van der Waals surface area contributed by atoms with Crippen LogP contribution in [-0.4, -0.2) is 19.5 Å². The minimum Gasteiger partial charge on any atom is -0.496 e. The van der Waals surface area contributed by atoms with E-state index in [0.717, 1.165) is 40.2 Å². The third-order valence-electron chi connectivity index (χ3n) is 6.65.